The van der Waals surface area contributed by atoms with Gasteiger partial charge in [-0.2, -0.15) is 0 Å². The van der Waals surface area contributed by atoms with Crippen LogP contribution in [0.4, 0.5) is 0 Å². The van der Waals surface area contributed by atoms with Crippen molar-refractivity contribution in [3.63, 3.8) is 0 Å². The van der Waals surface area contributed by atoms with E-state index in [-0.39, 0.29) is 0 Å². The molecule has 0 saturated heterocycles. The Morgan fingerprint density at radius 3 is 1.58 bits per heavy atom. The van der Waals surface area contributed by atoms with Crippen LogP contribution in [-0.2, 0) is 6.42 Å². The van der Waals surface area contributed by atoms with Gasteiger partial charge in [0.15, 0.2) is 0 Å². The maximum absolute atomic E-state index is 2.53. The van der Waals surface area contributed by atoms with Gasteiger partial charge in [0.05, 0.1) is 0 Å². The van der Waals surface area contributed by atoms with Crippen LogP contribution in [0.1, 0.15) is 96.0 Å². The van der Waals surface area contributed by atoms with Crippen molar-refractivity contribution in [2.24, 2.45) is 0 Å². The van der Waals surface area contributed by atoms with E-state index >= 15 is 0 Å². The molecule has 1 heterocycles. The van der Waals surface area contributed by atoms with E-state index in [1.54, 1.807) is 8.46 Å². The zero-order valence-electron chi connectivity index (χ0n) is 17.0. The molecule has 0 aliphatic rings. The molecule has 0 atom stereocenters. The van der Waals surface area contributed by atoms with Crippen molar-refractivity contribution in [2.45, 2.75) is 112 Å². The topological polar surface area (TPSA) is 0 Å². The van der Waals surface area contributed by atoms with Crippen molar-refractivity contribution in [1.82, 2.24) is 0 Å². The second-order valence-electron chi connectivity index (χ2n) is 8.56. The summed E-state index contributed by atoms with van der Waals surface area (Å²) in [5.41, 5.74) is 1.62. The maximum atomic E-state index is 2.53. The van der Waals surface area contributed by atoms with Crippen molar-refractivity contribution in [1.29, 1.82) is 0 Å². The van der Waals surface area contributed by atoms with Gasteiger partial charge in [0, 0.05) is 0 Å². The normalized spacial score (nSPS) is 12.0. The average Bonchev–Trinajstić information content (AvgIpc) is 3.01. The summed E-state index contributed by atoms with van der Waals surface area (Å²) in [6.07, 6.45) is 20.2. The Labute approximate surface area is 160 Å². The van der Waals surface area contributed by atoms with Gasteiger partial charge in [-0.15, -0.1) is 0 Å². The number of hydrogen-bond donors (Lipinski definition) is 0. The van der Waals surface area contributed by atoms with Crippen LogP contribution in [0.25, 0.3) is 0 Å². The quantitative estimate of drug-likeness (QED) is 0.185. The fourth-order valence-electron chi connectivity index (χ4n) is 3.25. The summed E-state index contributed by atoms with van der Waals surface area (Å²) in [6.45, 7) is 2.30. The van der Waals surface area contributed by atoms with Crippen LogP contribution < -0.4 is 2.89 Å². The van der Waals surface area contributed by atoms with Crippen molar-refractivity contribution in [3.8, 4) is 0 Å². The molecule has 2 heteroatoms. The van der Waals surface area contributed by atoms with Crippen LogP contribution in [0.2, 0.25) is 14.8 Å². The van der Waals surface area contributed by atoms with Crippen LogP contribution in [0, 0.1) is 0 Å². The molecular formula is C22H42SSn. The van der Waals surface area contributed by atoms with Crippen molar-refractivity contribution in [2.75, 3.05) is 0 Å². The third-order valence-electron chi connectivity index (χ3n) is 4.96. The Hall–Kier alpha value is 0.499. The van der Waals surface area contributed by atoms with E-state index in [0.717, 1.165) is 0 Å². The van der Waals surface area contributed by atoms with E-state index in [2.05, 4.69) is 33.2 Å². The van der Waals surface area contributed by atoms with Gasteiger partial charge in [-0.25, -0.2) is 0 Å². The third kappa shape index (κ3) is 11.2. The predicted molar refractivity (Wildman–Crippen MR) is 117 cm³/mol. The van der Waals surface area contributed by atoms with E-state index in [1.807, 2.05) is 11.3 Å². The van der Waals surface area contributed by atoms with Gasteiger partial charge in [0.2, 0.25) is 0 Å². The van der Waals surface area contributed by atoms with Crippen LogP contribution in [0.5, 0.6) is 0 Å². The Morgan fingerprint density at radius 1 is 0.708 bits per heavy atom. The van der Waals surface area contributed by atoms with Gasteiger partial charge in [-0.05, 0) is 0 Å². The molecule has 0 nitrogen and oxygen atoms in total. The second-order valence-corrected chi connectivity index (χ2v) is 24.9. The van der Waals surface area contributed by atoms with Gasteiger partial charge in [-0.3, -0.25) is 0 Å². The van der Waals surface area contributed by atoms with E-state index in [1.165, 1.54) is 89.9 Å². The fraction of sp³-hybridized carbons (Fsp3) is 0.818. The van der Waals surface area contributed by atoms with E-state index in [9.17, 15) is 0 Å². The Kier molecular flexibility index (Phi) is 12.8. The Morgan fingerprint density at radius 2 is 1.17 bits per heavy atom. The molecule has 1 aromatic heterocycles. The van der Waals surface area contributed by atoms with Crippen molar-refractivity contribution in [3.05, 3.63) is 17.0 Å². The molecule has 0 aliphatic heterocycles. The van der Waals surface area contributed by atoms with Crippen LogP contribution >= 0.6 is 11.3 Å². The minimum absolute atomic E-state index is 1.32. The van der Waals surface area contributed by atoms with Crippen LogP contribution in [0.15, 0.2) is 11.4 Å². The van der Waals surface area contributed by atoms with E-state index in [4.69, 9.17) is 0 Å². The third-order valence-corrected chi connectivity index (χ3v) is 15.5. The molecular weight excluding hydrogens is 415 g/mol. The summed E-state index contributed by atoms with van der Waals surface area (Å²) in [5.74, 6) is 0. The fourth-order valence-corrected chi connectivity index (χ4v) is 9.58. The van der Waals surface area contributed by atoms with Crippen molar-refractivity contribution < 1.29 is 0 Å². The number of rotatable bonds is 15. The van der Waals surface area contributed by atoms with Gasteiger partial charge < -0.3 is 0 Å². The monoisotopic (exact) mass is 458 g/mol. The number of aryl methyl sites for hydroxylation is 1. The van der Waals surface area contributed by atoms with Gasteiger partial charge >= 0.3 is 122 Å². The molecule has 0 saturated carbocycles. The summed E-state index contributed by atoms with van der Waals surface area (Å²) < 4.78 is 1.74. The van der Waals surface area contributed by atoms with Gasteiger partial charge in [-0.1, -0.05) is 39.0 Å². The summed E-state index contributed by atoms with van der Waals surface area (Å²) in [6, 6.07) is 2.53. The zero-order valence-corrected chi connectivity index (χ0v) is 20.6. The minimum atomic E-state index is -1.80. The molecule has 0 fully saturated rings. The standard InChI is InChI=1S/C19H33S.3CH3.Sn/c1-2-3-4-5-6-7-8-9-10-11-12-13-14-15-19-16-17-20-18-19;;;;/h16,18H,2-15H2,1H3;3*1H3;. The van der Waals surface area contributed by atoms with E-state index in [0.29, 0.717) is 0 Å². The van der Waals surface area contributed by atoms with E-state index < -0.39 is 18.4 Å². The Bertz CT molecular complexity index is 402. The molecule has 1 rings (SSSR count). The van der Waals surface area contributed by atoms with Crippen molar-refractivity contribution >= 4 is 32.6 Å². The first-order valence-electron chi connectivity index (χ1n) is 10.6. The predicted octanol–water partition coefficient (Wildman–Crippen LogP) is 7.93. The summed E-state index contributed by atoms with van der Waals surface area (Å²) in [4.78, 5) is 7.57. The molecule has 0 aliphatic carbocycles. The summed E-state index contributed by atoms with van der Waals surface area (Å²) in [5, 5.41) is 2.43. The first-order chi connectivity index (χ1) is 11.5. The molecule has 0 bridgehead atoms. The SMILES string of the molecule is CCCCCCCCCCCCCCCc1cs[c]([Sn]([CH3])([CH3])[CH3])c1. The summed E-state index contributed by atoms with van der Waals surface area (Å²) >= 11 is 0.239. The number of unbranched alkanes of at least 4 members (excludes halogenated alkanes) is 12. The van der Waals surface area contributed by atoms with Crippen LogP contribution in [-0.4, -0.2) is 18.4 Å². The molecule has 24 heavy (non-hydrogen) atoms. The molecule has 0 N–H and O–H groups in total. The first kappa shape index (κ1) is 22.5. The molecule has 0 amide bonds. The summed E-state index contributed by atoms with van der Waals surface area (Å²) in [7, 11) is 0. The molecule has 140 valence electrons. The zero-order chi connectivity index (χ0) is 17.7. The number of hydrogen-bond acceptors (Lipinski definition) is 1. The first-order valence-corrected chi connectivity index (χ1v) is 21.5. The van der Waals surface area contributed by atoms with Crippen LogP contribution in [0.3, 0.4) is 0 Å². The molecule has 0 radical (unpaired) electrons. The number of thiophene rings is 1. The molecule has 0 aromatic carbocycles. The van der Waals surface area contributed by atoms with Gasteiger partial charge in [0.25, 0.3) is 0 Å². The average molecular weight is 457 g/mol. The second kappa shape index (κ2) is 13.7. The molecule has 0 unspecified atom stereocenters. The molecule has 1 aromatic rings. The Balaban J connectivity index is 1.88. The van der Waals surface area contributed by atoms with Gasteiger partial charge in [0.1, 0.15) is 0 Å². The molecule has 0 spiro atoms.